The van der Waals surface area contributed by atoms with Crippen LogP contribution in [0.2, 0.25) is 0 Å². The van der Waals surface area contributed by atoms with Crippen molar-refractivity contribution in [2.75, 3.05) is 32.8 Å². The van der Waals surface area contributed by atoms with Crippen LogP contribution in [0.25, 0.3) is 0 Å². The van der Waals surface area contributed by atoms with Crippen LogP contribution in [0.3, 0.4) is 0 Å². The van der Waals surface area contributed by atoms with Crippen molar-refractivity contribution in [1.82, 2.24) is 9.80 Å². The van der Waals surface area contributed by atoms with Crippen LogP contribution in [0.1, 0.15) is 88.2 Å². The number of rotatable bonds is 10. The number of carbonyl (C=O) groups excluding carboxylic acids is 2. The molecule has 1 spiro atoms. The summed E-state index contributed by atoms with van der Waals surface area (Å²) in [5.74, 6) is 0.155. The third-order valence-corrected chi connectivity index (χ3v) is 9.19. The molecule has 0 bridgehead atoms. The average Bonchev–Trinajstić information content (AvgIpc) is 3.26. The van der Waals surface area contributed by atoms with Gasteiger partial charge in [0.15, 0.2) is 0 Å². The second-order valence-corrected chi connectivity index (χ2v) is 11.8. The van der Waals surface area contributed by atoms with Gasteiger partial charge >= 0.3 is 0 Å². The lowest BCUT2D eigenvalue weighted by atomic mass is 9.76. The van der Waals surface area contributed by atoms with Crippen LogP contribution in [0, 0.1) is 5.41 Å². The van der Waals surface area contributed by atoms with Gasteiger partial charge in [-0.3, -0.25) is 14.5 Å². The second kappa shape index (κ2) is 12.6. The maximum absolute atomic E-state index is 12.7. The number of hydrogen-bond donors (Lipinski definition) is 0. The summed E-state index contributed by atoms with van der Waals surface area (Å²) < 4.78 is 6.66. The summed E-state index contributed by atoms with van der Waals surface area (Å²) in [6.07, 6.45) is 12.1. The SMILES string of the molecule is O=C1CC2(CCCC2)CC(=O)N1CCCCCCCN1CCOC(c2ccccc2)(c2ccccc2)CC1. The highest BCUT2D eigenvalue weighted by Crippen LogP contribution is 2.47. The van der Waals surface area contributed by atoms with Crippen LogP contribution < -0.4 is 0 Å². The molecule has 0 aromatic heterocycles. The molecule has 204 valence electrons. The van der Waals surface area contributed by atoms with Gasteiger partial charge in [-0.2, -0.15) is 0 Å². The van der Waals surface area contributed by atoms with E-state index in [0.29, 0.717) is 19.4 Å². The normalized spacial score (nSPS) is 21.6. The molecule has 1 aliphatic carbocycles. The standard InChI is InChI=1S/C33H44N2O3/c36-30-26-32(18-10-11-19-32)27-31(37)35(30)22-13-3-1-2-12-21-34-23-20-33(38-25-24-34,28-14-6-4-7-15-28)29-16-8-5-9-17-29/h4-9,14-17H,1-3,10-13,18-27H2. The lowest BCUT2D eigenvalue weighted by molar-refractivity contribution is -0.153. The Morgan fingerprint density at radius 2 is 1.21 bits per heavy atom. The van der Waals surface area contributed by atoms with E-state index in [1.165, 1.54) is 36.8 Å². The quantitative estimate of drug-likeness (QED) is 0.274. The number of hydrogen-bond acceptors (Lipinski definition) is 4. The smallest absolute Gasteiger partial charge is 0.229 e. The van der Waals surface area contributed by atoms with Crippen molar-refractivity contribution in [2.24, 2.45) is 5.41 Å². The van der Waals surface area contributed by atoms with Crippen LogP contribution >= 0.6 is 0 Å². The number of benzene rings is 2. The van der Waals surface area contributed by atoms with Gasteiger partial charge < -0.3 is 9.64 Å². The Kier molecular flexibility index (Phi) is 8.96. The molecule has 0 atom stereocenters. The summed E-state index contributed by atoms with van der Waals surface area (Å²) in [5.41, 5.74) is 2.08. The highest BCUT2D eigenvalue weighted by atomic mass is 16.5. The van der Waals surface area contributed by atoms with E-state index in [9.17, 15) is 9.59 Å². The van der Waals surface area contributed by atoms with Crippen molar-refractivity contribution in [3.8, 4) is 0 Å². The minimum absolute atomic E-state index is 0.00485. The van der Waals surface area contributed by atoms with Gasteiger partial charge in [-0.15, -0.1) is 0 Å². The Hall–Kier alpha value is -2.50. The molecule has 38 heavy (non-hydrogen) atoms. The van der Waals surface area contributed by atoms with E-state index in [1.54, 1.807) is 4.90 Å². The third kappa shape index (κ3) is 6.21. The Balaban J connectivity index is 1.03. The highest BCUT2D eigenvalue weighted by Gasteiger charge is 2.44. The highest BCUT2D eigenvalue weighted by molar-refractivity contribution is 5.98. The number of unbranched alkanes of at least 4 members (excludes halogenated alkanes) is 4. The monoisotopic (exact) mass is 516 g/mol. The number of likely N-dealkylation sites (tertiary alicyclic amines) is 1. The first-order valence-corrected chi connectivity index (χ1v) is 14.9. The van der Waals surface area contributed by atoms with Gasteiger partial charge in [-0.1, -0.05) is 92.8 Å². The van der Waals surface area contributed by atoms with E-state index >= 15 is 0 Å². The molecule has 2 saturated heterocycles. The molecular weight excluding hydrogens is 472 g/mol. The van der Waals surface area contributed by atoms with E-state index in [-0.39, 0.29) is 17.2 Å². The van der Waals surface area contributed by atoms with Crippen LogP contribution in [0.15, 0.2) is 60.7 Å². The number of imide groups is 1. The molecule has 2 amide bonds. The largest absolute Gasteiger partial charge is 0.364 e. The first kappa shape index (κ1) is 27.1. The summed E-state index contributed by atoms with van der Waals surface area (Å²) in [6.45, 7) is 4.40. The van der Waals surface area contributed by atoms with Crippen molar-refractivity contribution < 1.29 is 14.3 Å². The lowest BCUT2D eigenvalue weighted by Crippen LogP contribution is -2.47. The topological polar surface area (TPSA) is 49.9 Å². The zero-order valence-corrected chi connectivity index (χ0v) is 22.9. The van der Waals surface area contributed by atoms with Crippen LogP contribution in [-0.2, 0) is 19.9 Å². The van der Waals surface area contributed by atoms with Crippen LogP contribution in [0.4, 0.5) is 0 Å². The predicted molar refractivity (Wildman–Crippen MR) is 151 cm³/mol. The van der Waals surface area contributed by atoms with Crippen molar-refractivity contribution in [3.05, 3.63) is 71.8 Å². The van der Waals surface area contributed by atoms with Gasteiger partial charge in [0.05, 0.1) is 6.61 Å². The van der Waals surface area contributed by atoms with Gasteiger partial charge in [0.1, 0.15) is 5.60 Å². The molecule has 5 rings (SSSR count). The number of piperidine rings is 1. The van der Waals surface area contributed by atoms with Gasteiger partial charge in [0.2, 0.25) is 11.8 Å². The van der Waals surface area contributed by atoms with Crippen molar-refractivity contribution in [1.29, 1.82) is 0 Å². The van der Waals surface area contributed by atoms with Crippen molar-refractivity contribution >= 4 is 11.8 Å². The first-order chi connectivity index (χ1) is 18.6. The summed E-state index contributed by atoms with van der Waals surface area (Å²) in [5, 5.41) is 0. The van der Waals surface area contributed by atoms with Gasteiger partial charge in [-0.05, 0) is 55.2 Å². The van der Waals surface area contributed by atoms with Gasteiger partial charge in [0, 0.05) is 32.5 Å². The molecular formula is C33H44N2O3. The fraction of sp³-hybridized carbons (Fsp3) is 0.576. The van der Waals surface area contributed by atoms with Gasteiger partial charge in [-0.25, -0.2) is 0 Å². The van der Waals surface area contributed by atoms with Crippen molar-refractivity contribution in [3.63, 3.8) is 0 Å². The minimum atomic E-state index is -0.391. The molecule has 2 aromatic rings. The molecule has 5 heteroatoms. The number of amides is 2. The molecule has 0 unspecified atom stereocenters. The molecule has 0 N–H and O–H groups in total. The fourth-order valence-electron chi connectivity index (χ4n) is 7.01. The van der Waals surface area contributed by atoms with Gasteiger partial charge in [0.25, 0.3) is 0 Å². The maximum atomic E-state index is 12.7. The first-order valence-electron chi connectivity index (χ1n) is 14.9. The Morgan fingerprint density at radius 3 is 1.82 bits per heavy atom. The third-order valence-electron chi connectivity index (χ3n) is 9.19. The second-order valence-electron chi connectivity index (χ2n) is 11.8. The van der Waals surface area contributed by atoms with Crippen LogP contribution in [-0.4, -0.2) is 54.4 Å². The van der Waals surface area contributed by atoms with Crippen molar-refractivity contribution in [2.45, 2.75) is 82.7 Å². The Morgan fingerprint density at radius 1 is 0.658 bits per heavy atom. The summed E-state index contributed by atoms with van der Waals surface area (Å²) >= 11 is 0. The molecule has 2 aromatic carbocycles. The molecule has 2 heterocycles. The van der Waals surface area contributed by atoms with E-state index in [1.807, 2.05) is 0 Å². The summed E-state index contributed by atoms with van der Waals surface area (Å²) in [4.78, 5) is 29.4. The molecule has 2 aliphatic heterocycles. The molecule has 3 fully saturated rings. The zero-order valence-electron chi connectivity index (χ0n) is 22.9. The Bertz CT molecular complexity index is 989. The number of nitrogens with zero attached hydrogens (tertiary/aromatic N) is 2. The molecule has 5 nitrogen and oxygen atoms in total. The summed E-state index contributed by atoms with van der Waals surface area (Å²) in [7, 11) is 0. The van der Waals surface area contributed by atoms with Crippen LogP contribution in [0.5, 0.6) is 0 Å². The molecule has 3 aliphatic rings. The fourth-order valence-corrected chi connectivity index (χ4v) is 7.01. The number of ether oxygens (including phenoxy) is 1. The van der Waals surface area contributed by atoms with E-state index in [2.05, 4.69) is 65.6 Å². The Labute approximate surface area is 228 Å². The predicted octanol–water partition coefficient (Wildman–Crippen LogP) is 6.31. The van der Waals surface area contributed by atoms with E-state index in [0.717, 1.165) is 64.8 Å². The molecule has 0 radical (unpaired) electrons. The number of carbonyl (C=O) groups is 2. The maximum Gasteiger partial charge on any atom is 0.229 e. The average molecular weight is 517 g/mol. The van der Waals surface area contributed by atoms with E-state index < -0.39 is 5.60 Å². The molecule has 1 saturated carbocycles. The zero-order chi connectivity index (χ0) is 26.3. The van der Waals surface area contributed by atoms with E-state index in [4.69, 9.17) is 4.74 Å². The lowest BCUT2D eigenvalue weighted by Gasteiger charge is -2.37. The summed E-state index contributed by atoms with van der Waals surface area (Å²) in [6, 6.07) is 21.3. The minimum Gasteiger partial charge on any atom is -0.364 e.